The van der Waals surface area contributed by atoms with Gasteiger partial charge in [0, 0.05) is 49.6 Å². The van der Waals surface area contributed by atoms with Crippen LogP contribution in [0, 0.1) is 40.8 Å². The van der Waals surface area contributed by atoms with Crippen molar-refractivity contribution in [3.63, 3.8) is 0 Å². The van der Waals surface area contributed by atoms with Gasteiger partial charge in [-0.15, -0.1) is 24.5 Å². The van der Waals surface area contributed by atoms with Crippen LogP contribution in [-0.2, 0) is 0 Å². The Morgan fingerprint density at radius 2 is 0.952 bits per heavy atom. The third-order valence-electron chi connectivity index (χ3n) is 2.20. The molecule has 0 unspecified atom stereocenters. The van der Waals surface area contributed by atoms with E-state index in [1.54, 1.807) is 0 Å². The van der Waals surface area contributed by atoms with Crippen LogP contribution in [0.3, 0.4) is 0 Å². The number of hydrogen-bond donors (Lipinski definition) is 0. The molecule has 0 bridgehead atoms. The van der Waals surface area contributed by atoms with Gasteiger partial charge in [0.1, 0.15) is 0 Å². The van der Waals surface area contributed by atoms with Crippen LogP contribution in [0.4, 0.5) is 11.4 Å². The summed E-state index contributed by atoms with van der Waals surface area (Å²) in [5.41, 5.74) is 2.04. The second-order valence-corrected chi connectivity index (χ2v) is 7.93. The fourth-order valence-corrected chi connectivity index (χ4v) is 1.43. The van der Waals surface area contributed by atoms with E-state index in [0.29, 0.717) is 0 Å². The van der Waals surface area contributed by atoms with E-state index in [-0.39, 0.29) is 49.6 Å². The van der Waals surface area contributed by atoms with Crippen LogP contribution in [0.15, 0.2) is 60.7 Å². The number of nitrogens with zero attached hydrogens (tertiary/aromatic N) is 2. The number of hydrogen-bond acceptors (Lipinski definition) is 0. The third-order valence-corrected chi connectivity index (χ3v) is 2.20. The predicted octanol–water partition coefficient (Wildman–Crippen LogP) is 5.77. The smallest absolute Gasteiger partial charge is 0.0379 e. The van der Waals surface area contributed by atoms with Crippen molar-refractivity contribution in [3.05, 3.63) is 71.3 Å². The van der Waals surface area contributed by atoms with Crippen LogP contribution < -0.4 is 0 Å². The van der Waals surface area contributed by atoms with Crippen molar-refractivity contribution in [1.29, 1.82) is 0 Å². The molecule has 21 heavy (non-hydrogen) atoms. The van der Waals surface area contributed by atoms with E-state index in [1.165, 1.54) is 0 Å². The van der Waals surface area contributed by atoms with Gasteiger partial charge in [0.05, 0.1) is 0 Å². The Kier molecular flexibility index (Phi) is 13.0. The van der Waals surface area contributed by atoms with Crippen LogP contribution >= 0.6 is 0 Å². The molecular weight excluding hydrogens is 405 g/mol. The van der Waals surface area contributed by atoms with Gasteiger partial charge in [-0.2, -0.15) is 0 Å². The standard InChI is InChI=1S/C14H14N2.C3H9Si.Nd/c1-3-7-13(8-4-1)15-11-12-16-14-9-5-2-6-10-14;1-4(2)3;/h1-10H,11-12H2;1-3H3;/q-2;;. The summed E-state index contributed by atoms with van der Waals surface area (Å²) in [6.07, 6.45) is 0. The van der Waals surface area contributed by atoms with Crippen LogP contribution in [0.1, 0.15) is 0 Å². The molecule has 0 amide bonds. The molecule has 0 atom stereocenters. The van der Waals surface area contributed by atoms with E-state index in [0.717, 1.165) is 24.5 Å². The number of benzene rings is 2. The molecule has 2 nitrogen and oxygen atoms in total. The molecule has 0 heterocycles. The molecule has 0 N–H and O–H groups in total. The van der Waals surface area contributed by atoms with Gasteiger partial charge in [-0.3, -0.25) is 0 Å². The molecule has 0 spiro atoms. The molecule has 0 saturated heterocycles. The molecule has 0 saturated carbocycles. The van der Waals surface area contributed by atoms with Crippen LogP contribution in [0.25, 0.3) is 10.6 Å². The Balaban J connectivity index is 0.000000715. The Bertz CT molecular complexity index is 405. The molecule has 0 aromatic heterocycles. The number of para-hydroxylation sites is 2. The second-order valence-electron chi connectivity index (χ2n) is 4.93. The van der Waals surface area contributed by atoms with E-state index in [4.69, 9.17) is 0 Å². The normalized spacial score (nSPS) is 9.14. The minimum atomic E-state index is 0. The first kappa shape index (κ1) is 20.6. The van der Waals surface area contributed by atoms with Crippen molar-refractivity contribution in [2.45, 2.75) is 19.6 Å². The molecule has 0 fully saturated rings. The van der Waals surface area contributed by atoms with Crippen molar-refractivity contribution in [2.75, 3.05) is 13.1 Å². The van der Waals surface area contributed by atoms with E-state index in [1.807, 2.05) is 60.7 Å². The van der Waals surface area contributed by atoms with Gasteiger partial charge in [-0.1, -0.05) is 80.3 Å². The number of rotatable bonds is 5. The Hall–Kier alpha value is -0.392. The van der Waals surface area contributed by atoms with Crippen LogP contribution in [-0.4, -0.2) is 21.9 Å². The largest absolute Gasteiger partial charge is 0.685 e. The molecule has 0 aliphatic heterocycles. The van der Waals surface area contributed by atoms with Gasteiger partial charge in [-0.05, 0) is 0 Å². The SMILES string of the molecule is C[Si](C)C.[Nd].c1ccc([N-]CC[N-]c2ccccc2)cc1. The van der Waals surface area contributed by atoms with E-state index >= 15 is 0 Å². The van der Waals surface area contributed by atoms with Crippen molar-refractivity contribution in [3.8, 4) is 0 Å². The van der Waals surface area contributed by atoms with Gasteiger partial charge >= 0.3 is 0 Å². The predicted molar refractivity (Wildman–Crippen MR) is 92.0 cm³/mol. The first-order valence-electron chi connectivity index (χ1n) is 6.90. The maximum Gasteiger partial charge on any atom is 0.0379 e. The van der Waals surface area contributed by atoms with Crippen LogP contribution in [0.2, 0.25) is 19.6 Å². The van der Waals surface area contributed by atoms with E-state index in [9.17, 15) is 0 Å². The Labute approximate surface area is 163 Å². The maximum atomic E-state index is 4.43. The molecule has 4 heteroatoms. The van der Waals surface area contributed by atoms with Crippen molar-refractivity contribution in [2.24, 2.45) is 0 Å². The molecule has 2 aromatic rings. The Morgan fingerprint density at radius 1 is 0.667 bits per heavy atom. The molecule has 2 rings (SSSR count). The van der Waals surface area contributed by atoms with Gasteiger partial charge in [0.15, 0.2) is 0 Å². The summed E-state index contributed by atoms with van der Waals surface area (Å²) in [7, 11) is 0.120. The van der Waals surface area contributed by atoms with Gasteiger partial charge in [0.25, 0.3) is 0 Å². The van der Waals surface area contributed by atoms with Crippen molar-refractivity contribution >= 4 is 20.2 Å². The fraction of sp³-hybridized carbons (Fsp3) is 0.294. The average Bonchev–Trinajstić information content (AvgIpc) is 2.45. The summed E-state index contributed by atoms with van der Waals surface area (Å²) in [5.74, 6) is 0. The van der Waals surface area contributed by atoms with Gasteiger partial charge < -0.3 is 10.6 Å². The van der Waals surface area contributed by atoms with E-state index < -0.39 is 0 Å². The van der Waals surface area contributed by atoms with Crippen molar-refractivity contribution in [1.82, 2.24) is 0 Å². The van der Waals surface area contributed by atoms with Gasteiger partial charge in [-0.25, -0.2) is 0 Å². The molecule has 111 valence electrons. The molecule has 0 aliphatic rings. The summed E-state index contributed by atoms with van der Waals surface area (Å²) in [6.45, 7) is 8.28. The first-order chi connectivity index (χ1) is 9.68. The molecular formula is C17H23N2NdSi-2. The summed E-state index contributed by atoms with van der Waals surface area (Å²) >= 11 is 0. The Morgan fingerprint density at radius 3 is 1.24 bits per heavy atom. The quantitative estimate of drug-likeness (QED) is 0.428. The zero-order valence-corrected chi connectivity index (χ0v) is 17.3. The third kappa shape index (κ3) is 11.9. The molecule has 2 aromatic carbocycles. The average molecular weight is 428 g/mol. The van der Waals surface area contributed by atoms with E-state index in [2.05, 4.69) is 30.3 Å². The maximum absolute atomic E-state index is 4.43. The molecule has 0 aliphatic carbocycles. The summed E-state index contributed by atoms with van der Waals surface area (Å²) in [5, 5.41) is 8.86. The zero-order valence-electron chi connectivity index (χ0n) is 13.1. The summed E-state index contributed by atoms with van der Waals surface area (Å²) in [6, 6.07) is 20.0. The van der Waals surface area contributed by atoms with Crippen molar-refractivity contribution < 1.29 is 40.8 Å². The van der Waals surface area contributed by atoms with Crippen LogP contribution in [0.5, 0.6) is 0 Å². The molecule has 1 radical (unpaired) electrons. The first-order valence-corrected chi connectivity index (χ1v) is 9.90. The topological polar surface area (TPSA) is 28.2 Å². The van der Waals surface area contributed by atoms with Gasteiger partial charge in [0.2, 0.25) is 0 Å². The minimum absolute atomic E-state index is 0. The zero-order chi connectivity index (χ0) is 14.6. The minimum Gasteiger partial charge on any atom is -0.685 e. The summed E-state index contributed by atoms with van der Waals surface area (Å²) in [4.78, 5) is 0. The monoisotopic (exact) mass is 425 g/mol. The second kappa shape index (κ2) is 13.3. The fourth-order valence-electron chi connectivity index (χ4n) is 1.43. The summed E-state index contributed by atoms with van der Waals surface area (Å²) < 4.78 is 0.